The first-order chi connectivity index (χ1) is 9.79. The smallest absolute Gasteiger partial charge is 0.316 e. The summed E-state index contributed by atoms with van der Waals surface area (Å²) in [6, 6.07) is 2.07. The Bertz CT molecular complexity index is 680. The van der Waals surface area contributed by atoms with Crippen LogP contribution in [0.25, 0.3) is 0 Å². The van der Waals surface area contributed by atoms with E-state index in [1.54, 1.807) is 34.5 Å². The van der Waals surface area contributed by atoms with E-state index in [-0.39, 0.29) is 0 Å². The van der Waals surface area contributed by atoms with Crippen LogP contribution >= 0.6 is 11.3 Å². The van der Waals surface area contributed by atoms with E-state index in [1.807, 2.05) is 18.5 Å². The molecule has 0 aliphatic heterocycles. The molecule has 0 amide bonds. The average Bonchev–Trinajstić information content (AvgIpc) is 3.08. The average molecular weight is 288 g/mol. The van der Waals surface area contributed by atoms with Gasteiger partial charge in [0.25, 0.3) is 0 Å². The van der Waals surface area contributed by atoms with Gasteiger partial charge in [0.1, 0.15) is 12.3 Å². The first-order valence-electron chi connectivity index (χ1n) is 5.99. The molecule has 0 aliphatic rings. The van der Waals surface area contributed by atoms with E-state index in [0.717, 1.165) is 16.4 Å². The van der Waals surface area contributed by atoms with Crippen molar-refractivity contribution in [3.05, 3.63) is 46.4 Å². The zero-order chi connectivity index (χ0) is 13.8. The molecule has 8 heteroatoms. The molecule has 0 atom stereocenters. The minimum absolute atomic E-state index is 0.292. The van der Waals surface area contributed by atoms with Gasteiger partial charge < -0.3 is 4.74 Å². The van der Waals surface area contributed by atoms with Crippen molar-refractivity contribution in [1.82, 2.24) is 29.9 Å². The predicted molar refractivity (Wildman–Crippen MR) is 72.3 cm³/mol. The Hall–Kier alpha value is -2.35. The number of thiazole rings is 1. The molecule has 7 nitrogen and oxygen atoms in total. The maximum absolute atomic E-state index is 5.41. The summed E-state index contributed by atoms with van der Waals surface area (Å²) in [4.78, 5) is 12.3. The summed E-state index contributed by atoms with van der Waals surface area (Å²) in [5, 5.41) is 11.2. The van der Waals surface area contributed by atoms with Gasteiger partial charge in [0.2, 0.25) is 0 Å². The second-order valence-corrected chi connectivity index (χ2v) is 5.15. The summed E-state index contributed by atoms with van der Waals surface area (Å²) < 4.78 is 7.14. The number of aromatic nitrogens is 6. The highest BCUT2D eigenvalue weighted by atomic mass is 32.1. The Balaban J connectivity index is 1.59. The molecular weight excluding hydrogens is 276 g/mol. The maximum atomic E-state index is 5.41. The lowest BCUT2D eigenvalue weighted by molar-refractivity contribution is 0.276. The molecule has 0 aromatic carbocycles. The molecule has 3 aromatic rings. The molecule has 0 aliphatic carbocycles. The molecular formula is C12H12N6OS. The number of nitrogens with zero attached hydrogens (tertiary/aromatic N) is 6. The number of hydrogen-bond acceptors (Lipinski definition) is 7. The standard InChI is InChI=1S/C12H12N6OS/c1-9-15-11(8-20-9)6-18-5-10(16-17-18)7-19-12-13-3-2-4-14-12/h2-5,8H,6-7H2,1H3. The second-order valence-electron chi connectivity index (χ2n) is 4.09. The number of hydrogen-bond donors (Lipinski definition) is 0. The Kier molecular flexibility index (Phi) is 3.64. The van der Waals surface area contributed by atoms with Gasteiger partial charge in [-0.3, -0.25) is 0 Å². The molecule has 0 bridgehead atoms. The topological polar surface area (TPSA) is 78.6 Å². The van der Waals surface area contributed by atoms with Crippen LogP contribution in [0.5, 0.6) is 6.01 Å². The maximum Gasteiger partial charge on any atom is 0.316 e. The predicted octanol–water partition coefficient (Wildman–Crippen LogP) is 1.46. The lowest BCUT2D eigenvalue weighted by Crippen LogP contribution is -2.01. The lowest BCUT2D eigenvalue weighted by Gasteiger charge is -1.99. The highest BCUT2D eigenvalue weighted by Gasteiger charge is 2.05. The summed E-state index contributed by atoms with van der Waals surface area (Å²) in [5.41, 5.74) is 1.71. The first kappa shape index (κ1) is 12.7. The van der Waals surface area contributed by atoms with Crippen LogP contribution < -0.4 is 4.74 Å². The molecule has 0 radical (unpaired) electrons. The van der Waals surface area contributed by atoms with Gasteiger partial charge in [0, 0.05) is 17.8 Å². The summed E-state index contributed by atoms with van der Waals surface area (Å²) in [7, 11) is 0. The van der Waals surface area contributed by atoms with E-state index in [4.69, 9.17) is 4.74 Å². The van der Waals surface area contributed by atoms with Gasteiger partial charge in [-0.15, -0.1) is 16.4 Å². The molecule has 0 fully saturated rings. The lowest BCUT2D eigenvalue weighted by atomic mass is 10.4. The second kappa shape index (κ2) is 5.74. The van der Waals surface area contributed by atoms with Crippen LogP contribution in [-0.2, 0) is 13.2 Å². The van der Waals surface area contributed by atoms with Gasteiger partial charge in [-0.2, -0.15) is 0 Å². The monoisotopic (exact) mass is 288 g/mol. The van der Waals surface area contributed by atoms with E-state index in [2.05, 4.69) is 25.3 Å². The van der Waals surface area contributed by atoms with Crippen molar-refractivity contribution in [3.8, 4) is 6.01 Å². The Morgan fingerprint density at radius 3 is 2.85 bits per heavy atom. The normalized spacial score (nSPS) is 10.7. The van der Waals surface area contributed by atoms with E-state index in [9.17, 15) is 0 Å². The van der Waals surface area contributed by atoms with Crippen molar-refractivity contribution in [1.29, 1.82) is 0 Å². The van der Waals surface area contributed by atoms with Crippen LogP contribution in [0.2, 0.25) is 0 Å². The summed E-state index contributed by atoms with van der Waals surface area (Å²) >= 11 is 1.62. The first-order valence-corrected chi connectivity index (χ1v) is 6.87. The van der Waals surface area contributed by atoms with E-state index in [0.29, 0.717) is 19.2 Å². The van der Waals surface area contributed by atoms with E-state index in [1.165, 1.54) is 0 Å². The van der Waals surface area contributed by atoms with Crippen molar-refractivity contribution < 1.29 is 4.74 Å². The fraction of sp³-hybridized carbons (Fsp3) is 0.250. The minimum Gasteiger partial charge on any atom is -0.457 e. The van der Waals surface area contributed by atoms with Crippen LogP contribution in [0.3, 0.4) is 0 Å². The third-order valence-corrected chi connectivity index (χ3v) is 3.29. The molecule has 20 heavy (non-hydrogen) atoms. The fourth-order valence-corrected chi connectivity index (χ4v) is 2.23. The number of aryl methyl sites for hydroxylation is 1. The van der Waals surface area contributed by atoms with Crippen LogP contribution in [-0.4, -0.2) is 29.9 Å². The third kappa shape index (κ3) is 3.15. The number of ether oxygens (including phenoxy) is 1. The quantitative estimate of drug-likeness (QED) is 0.707. The summed E-state index contributed by atoms with van der Waals surface area (Å²) in [6.07, 6.45) is 5.09. The minimum atomic E-state index is 0.292. The van der Waals surface area contributed by atoms with E-state index >= 15 is 0 Å². The van der Waals surface area contributed by atoms with Gasteiger partial charge in [0.15, 0.2) is 0 Å². The zero-order valence-electron chi connectivity index (χ0n) is 10.8. The van der Waals surface area contributed by atoms with Gasteiger partial charge in [-0.05, 0) is 13.0 Å². The molecule has 3 heterocycles. The van der Waals surface area contributed by atoms with Gasteiger partial charge >= 0.3 is 6.01 Å². The van der Waals surface area contributed by atoms with Crippen molar-refractivity contribution >= 4 is 11.3 Å². The SMILES string of the molecule is Cc1nc(Cn2cc(COc3ncccn3)nn2)cs1. The largest absolute Gasteiger partial charge is 0.457 e. The molecule has 102 valence electrons. The van der Waals surface area contributed by atoms with E-state index < -0.39 is 0 Å². The highest BCUT2D eigenvalue weighted by Crippen LogP contribution is 2.09. The highest BCUT2D eigenvalue weighted by molar-refractivity contribution is 7.09. The van der Waals surface area contributed by atoms with Gasteiger partial charge in [-0.1, -0.05) is 5.21 Å². The van der Waals surface area contributed by atoms with Crippen LogP contribution in [0.1, 0.15) is 16.4 Å². The summed E-state index contributed by atoms with van der Waals surface area (Å²) in [5.74, 6) is 0. The van der Waals surface area contributed by atoms with Crippen molar-refractivity contribution in [2.45, 2.75) is 20.1 Å². The van der Waals surface area contributed by atoms with Crippen molar-refractivity contribution in [2.75, 3.05) is 0 Å². The molecule has 0 N–H and O–H groups in total. The zero-order valence-corrected chi connectivity index (χ0v) is 11.6. The Morgan fingerprint density at radius 2 is 2.10 bits per heavy atom. The number of rotatable bonds is 5. The van der Waals surface area contributed by atoms with Crippen LogP contribution in [0.4, 0.5) is 0 Å². The van der Waals surface area contributed by atoms with Gasteiger partial charge in [-0.25, -0.2) is 19.6 Å². The molecule has 0 saturated carbocycles. The fourth-order valence-electron chi connectivity index (χ4n) is 1.63. The summed E-state index contributed by atoms with van der Waals surface area (Å²) in [6.45, 7) is 2.88. The van der Waals surface area contributed by atoms with Crippen LogP contribution in [0, 0.1) is 6.92 Å². The van der Waals surface area contributed by atoms with Crippen molar-refractivity contribution in [2.24, 2.45) is 0 Å². The molecule has 3 aromatic heterocycles. The van der Waals surface area contributed by atoms with Crippen LogP contribution in [0.15, 0.2) is 30.0 Å². The molecule has 3 rings (SSSR count). The molecule has 0 spiro atoms. The van der Waals surface area contributed by atoms with Crippen molar-refractivity contribution in [3.63, 3.8) is 0 Å². The Morgan fingerprint density at radius 1 is 1.25 bits per heavy atom. The third-order valence-electron chi connectivity index (χ3n) is 2.47. The molecule has 0 saturated heterocycles. The van der Waals surface area contributed by atoms with Gasteiger partial charge in [0.05, 0.1) is 23.4 Å². The molecule has 0 unspecified atom stereocenters. The Labute approximate surface area is 119 Å².